The van der Waals surface area contributed by atoms with Crippen LogP contribution in [0.3, 0.4) is 0 Å². The molecule has 0 spiro atoms. The van der Waals surface area contributed by atoms with Crippen molar-refractivity contribution < 1.29 is 14.6 Å². The molecule has 0 aliphatic carbocycles. The number of aliphatic carboxylic acids is 1. The van der Waals surface area contributed by atoms with Crippen LogP contribution in [-0.4, -0.2) is 34.9 Å². The first-order valence-electron chi connectivity index (χ1n) is 8.97. The van der Waals surface area contributed by atoms with Crippen LogP contribution in [-0.2, 0) is 15.6 Å². The van der Waals surface area contributed by atoms with E-state index >= 15 is 0 Å². The fourth-order valence-electron chi connectivity index (χ4n) is 2.84. The van der Waals surface area contributed by atoms with Gasteiger partial charge in [-0.05, 0) is 38.4 Å². The van der Waals surface area contributed by atoms with Crippen LogP contribution in [0, 0.1) is 0 Å². The van der Waals surface area contributed by atoms with Gasteiger partial charge in [-0.15, -0.1) is 11.8 Å². The van der Waals surface area contributed by atoms with Gasteiger partial charge in [0, 0.05) is 17.7 Å². The van der Waals surface area contributed by atoms with Crippen molar-refractivity contribution in [3.05, 3.63) is 27.7 Å². The quantitative estimate of drug-likeness (QED) is 0.675. The number of nitrogens with one attached hydrogen (secondary N) is 1. The molecule has 1 aliphatic heterocycles. The summed E-state index contributed by atoms with van der Waals surface area (Å²) in [6.07, 6.45) is 0.769. The fourth-order valence-corrected chi connectivity index (χ4v) is 4.60. The van der Waals surface area contributed by atoms with Gasteiger partial charge in [0.1, 0.15) is 11.8 Å². The Morgan fingerprint density at radius 1 is 1.27 bits per heavy atom. The maximum atomic E-state index is 11.0. The molecule has 1 heterocycles. The number of halogens is 1. The summed E-state index contributed by atoms with van der Waals surface area (Å²) in [5.41, 5.74) is 2.50. The Hall–Kier alpha value is -0.720. The van der Waals surface area contributed by atoms with E-state index < -0.39 is 12.0 Å². The molecule has 1 fully saturated rings. The predicted octanol–water partition coefficient (Wildman–Crippen LogP) is 4.93. The van der Waals surface area contributed by atoms with E-state index in [-0.39, 0.29) is 16.2 Å². The summed E-state index contributed by atoms with van der Waals surface area (Å²) in [6, 6.07) is 3.95. The van der Waals surface area contributed by atoms with Gasteiger partial charge in [0.15, 0.2) is 0 Å². The average Bonchev–Trinajstić information content (AvgIpc) is 2.95. The van der Waals surface area contributed by atoms with Gasteiger partial charge in [0.25, 0.3) is 0 Å². The SMILES string of the molecule is CC(C)(C)c1cc(Br)c(OCCC2NC(C(=O)O)CS2)c(C(C)(C)C)c1. The van der Waals surface area contributed by atoms with E-state index in [1.54, 1.807) is 11.8 Å². The third-order valence-corrected chi connectivity index (χ3v) is 6.38. The van der Waals surface area contributed by atoms with Crippen LogP contribution >= 0.6 is 27.7 Å². The Morgan fingerprint density at radius 2 is 1.92 bits per heavy atom. The first-order chi connectivity index (χ1) is 11.9. The molecule has 1 aromatic carbocycles. The lowest BCUT2D eigenvalue weighted by Gasteiger charge is -2.28. The number of carbonyl (C=O) groups is 1. The molecule has 0 aromatic heterocycles. The minimum Gasteiger partial charge on any atom is -0.492 e. The van der Waals surface area contributed by atoms with E-state index in [2.05, 4.69) is 74.9 Å². The number of thioether (sulfide) groups is 1. The Morgan fingerprint density at radius 3 is 2.42 bits per heavy atom. The third kappa shape index (κ3) is 5.40. The van der Waals surface area contributed by atoms with Crippen molar-refractivity contribution >= 4 is 33.7 Å². The van der Waals surface area contributed by atoms with Crippen molar-refractivity contribution in [2.45, 2.75) is 70.2 Å². The second-order valence-corrected chi connectivity index (χ2v) is 10.9. The summed E-state index contributed by atoms with van der Waals surface area (Å²) in [5.74, 6) is 0.719. The molecule has 0 amide bonds. The zero-order valence-electron chi connectivity index (χ0n) is 16.5. The fraction of sp³-hybridized carbons (Fsp3) is 0.650. The van der Waals surface area contributed by atoms with E-state index in [1.807, 2.05) is 0 Å². The topological polar surface area (TPSA) is 58.6 Å². The predicted molar refractivity (Wildman–Crippen MR) is 112 cm³/mol. The van der Waals surface area contributed by atoms with E-state index in [4.69, 9.17) is 9.84 Å². The highest BCUT2D eigenvalue weighted by Crippen LogP contribution is 2.41. The summed E-state index contributed by atoms with van der Waals surface area (Å²) in [6.45, 7) is 13.8. The van der Waals surface area contributed by atoms with Gasteiger partial charge in [-0.2, -0.15) is 0 Å². The average molecular weight is 444 g/mol. The summed E-state index contributed by atoms with van der Waals surface area (Å²) >= 11 is 5.35. The largest absolute Gasteiger partial charge is 0.492 e. The molecule has 2 atom stereocenters. The summed E-state index contributed by atoms with van der Waals surface area (Å²) < 4.78 is 7.15. The Kier molecular flexibility index (Phi) is 6.73. The van der Waals surface area contributed by atoms with Gasteiger partial charge in [-0.1, -0.05) is 47.6 Å². The van der Waals surface area contributed by atoms with Crippen LogP contribution in [0.5, 0.6) is 5.75 Å². The molecule has 0 bridgehead atoms. The summed E-state index contributed by atoms with van der Waals surface area (Å²) in [7, 11) is 0. The van der Waals surface area contributed by atoms with Crippen molar-refractivity contribution in [2.75, 3.05) is 12.4 Å². The van der Waals surface area contributed by atoms with E-state index in [0.29, 0.717) is 12.4 Å². The molecule has 1 aromatic rings. The highest BCUT2D eigenvalue weighted by molar-refractivity contribution is 9.10. The molecule has 26 heavy (non-hydrogen) atoms. The monoisotopic (exact) mass is 443 g/mol. The van der Waals surface area contributed by atoms with Crippen LogP contribution in [0.2, 0.25) is 0 Å². The lowest BCUT2D eigenvalue weighted by atomic mass is 9.80. The van der Waals surface area contributed by atoms with Crippen molar-refractivity contribution in [3.63, 3.8) is 0 Å². The summed E-state index contributed by atoms with van der Waals surface area (Å²) in [5, 5.41) is 12.3. The normalized spacial score (nSPS) is 21.0. The van der Waals surface area contributed by atoms with Gasteiger partial charge < -0.3 is 9.84 Å². The molecule has 6 heteroatoms. The number of rotatable bonds is 5. The van der Waals surface area contributed by atoms with E-state index in [9.17, 15) is 4.79 Å². The standard InChI is InChI=1S/C20H30BrNO3S/c1-19(2,3)12-9-13(20(4,5)6)17(14(21)10-12)25-8-7-16-22-15(11-26-16)18(23)24/h9-10,15-16,22H,7-8,11H2,1-6H3,(H,23,24). The van der Waals surface area contributed by atoms with Crippen molar-refractivity contribution in [3.8, 4) is 5.75 Å². The maximum Gasteiger partial charge on any atom is 0.321 e. The van der Waals surface area contributed by atoms with Crippen LogP contribution in [0.15, 0.2) is 16.6 Å². The van der Waals surface area contributed by atoms with Gasteiger partial charge in [-0.3, -0.25) is 10.1 Å². The Balaban J connectivity index is 2.12. The Labute approximate surface area is 169 Å². The van der Waals surface area contributed by atoms with Gasteiger partial charge >= 0.3 is 5.97 Å². The second kappa shape index (κ2) is 8.11. The number of hydrogen-bond acceptors (Lipinski definition) is 4. The molecule has 146 valence electrons. The van der Waals surface area contributed by atoms with E-state index in [1.165, 1.54) is 11.1 Å². The minimum absolute atomic E-state index is 0.0339. The zero-order valence-corrected chi connectivity index (χ0v) is 18.9. The molecule has 1 saturated heterocycles. The molecule has 4 nitrogen and oxygen atoms in total. The van der Waals surface area contributed by atoms with Crippen LogP contribution in [0.1, 0.15) is 59.1 Å². The highest BCUT2D eigenvalue weighted by atomic mass is 79.9. The molecular formula is C20H30BrNO3S. The van der Waals surface area contributed by atoms with Crippen molar-refractivity contribution in [1.29, 1.82) is 0 Å². The first kappa shape index (κ1) is 21.6. The molecule has 0 saturated carbocycles. The van der Waals surface area contributed by atoms with Crippen LogP contribution in [0.25, 0.3) is 0 Å². The van der Waals surface area contributed by atoms with Gasteiger partial charge in [-0.25, -0.2) is 0 Å². The van der Waals surface area contributed by atoms with Crippen molar-refractivity contribution in [2.24, 2.45) is 0 Å². The third-order valence-electron chi connectivity index (χ3n) is 4.49. The van der Waals surface area contributed by atoms with Gasteiger partial charge in [0.2, 0.25) is 0 Å². The summed E-state index contributed by atoms with van der Waals surface area (Å²) in [4.78, 5) is 11.0. The number of ether oxygens (including phenoxy) is 1. The molecular weight excluding hydrogens is 414 g/mol. The number of benzene rings is 1. The molecule has 0 radical (unpaired) electrons. The number of carboxylic acid groups (broad SMARTS) is 1. The smallest absolute Gasteiger partial charge is 0.321 e. The zero-order chi connectivity index (χ0) is 19.7. The van der Waals surface area contributed by atoms with E-state index in [0.717, 1.165) is 16.6 Å². The number of carboxylic acids is 1. The molecule has 2 rings (SSSR count). The maximum absolute atomic E-state index is 11.0. The lowest BCUT2D eigenvalue weighted by molar-refractivity contribution is -0.138. The molecule has 1 aliphatic rings. The van der Waals surface area contributed by atoms with Crippen molar-refractivity contribution in [1.82, 2.24) is 5.32 Å². The second-order valence-electron chi connectivity index (χ2n) is 8.85. The van der Waals surface area contributed by atoms with Crippen LogP contribution < -0.4 is 10.1 Å². The first-order valence-corrected chi connectivity index (χ1v) is 10.8. The molecule has 2 N–H and O–H groups in total. The van der Waals surface area contributed by atoms with Crippen LogP contribution in [0.4, 0.5) is 0 Å². The highest BCUT2D eigenvalue weighted by Gasteiger charge is 2.30. The lowest BCUT2D eigenvalue weighted by Crippen LogP contribution is -2.37. The minimum atomic E-state index is -0.781. The number of hydrogen-bond donors (Lipinski definition) is 2. The van der Waals surface area contributed by atoms with Gasteiger partial charge in [0.05, 0.1) is 16.5 Å². The molecule has 2 unspecified atom stereocenters. The Bertz CT molecular complexity index is 664.